The maximum absolute atomic E-state index is 12.0. The number of piperidine rings is 1. The quantitative estimate of drug-likeness (QED) is 0.801. The van der Waals surface area contributed by atoms with Crippen LogP contribution in [0.2, 0.25) is 0 Å². The second-order valence-corrected chi connectivity index (χ2v) is 7.76. The summed E-state index contributed by atoms with van der Waals surface area (Å²) < 4.78 is 27.0. The van der Waals surface area contributed by atoms with Gasteiger partial charge in [0.15, 0.2) is 0 Å². The van der Waals surface area contributed by atoms with Crippen molar-refractivity contribution in [1.29, 1.82) is 0 Å². The van der Waals surface area contributed by atoms with Crippen LogP contribution in [-0.2, 0) is 10.0 Å². The molecular weight excluding hydrogens is 248 g/mol. The summed E-state index contributed by atoms with van der Waals surface area (Å²) in [4.78, 5) is 0. The van der Waals surface area contributed by atoms with Crippen LogP contribution in [0.15, 0.2) is 0 Å². The Bertz CT molecular complexity index is 350. The van der Waals surface area contributed by atoms with Gasteiger partial charge in [-0.15, -0.1) is 0 Å². The molecule has 0 bridgehead atoms. The van der Waals surface area contributed by atoms with E-state index < -0.39 is 10.0 Å². The van der Waals surface area contributed by atoms with Crippen molar-refractivity contribution in [3.8, 4) is 0 Å². The van der Waals surface area contributed by atoms with E-state index in [0.717, 1.165) is 38.6 Å². The van der Waals surface area contributed by atoms with Crippen LogP contribution in [0.25, 0.3) is 0 Å². The average molecular weight is 274 g/mol. The summed E-state index contributed by atoms with van der Waals surface area (Å²) in [6, 6.07) is 0.575. The highest BCUT2D eigenvalue weighted by Crippen LogP contribution is 2.25. The van der Waals surface area contributed by atoms with Crippen LogP contribution in [0, 0.1) is 5.92 Å². The smallest absolute Gasteiger partial charge is 0.211 e. The normalized spacial score (nSPS) is 33.7. The van der Waals surface area contributed by atoms with Gasteiger partial charge in [-0.05, 0) is 44.6 Å². The van der Waals surface area contributed by atoms with Gasteiger partial charge in [0.1, 0.15) is 0 Å². The van der Waals surface area contributed by atoms with E-state index in [2.05, 4.69) is 17.0 Å². The summed E-state index contributed by atoms with van der Waals surface area (Å²) in [6.45, 7) is 3.18. The molecule has 0 amide bonds. The molecule has 18 heavy (non-hydrogen) atoms. The fraction of sp³-hybridized carbons (Fsp3) is 1.00. The number of hydrogen-bond donors (Lipinski definition) is 2. The Morgan fingerprint density at radius 2 is 2.00 bits per heavy atom. The Balaban J connectivity index is 1.76. The Morgan fingerprint density at radius 3 is 2.61 bits per heavy atom. The zero-order valence-electron chi connectivity index (χ0n) is 11.3. The van der Waals surface area contributed by atoms with E-state index in [9.17, 15) is 8.42 Å². The molecule has 2 rings (SSSR count). The molecule has 1 saturated carbocycles. The summed E-state index contributed by atoms with van der Waals surface area (Å²) in [5, 5.41) is 3.40. The Labute approximate surface area is 111 Å². The lowest BCUT2D eigenvalue weighted by molar-refractivity contribution is 0.391. The minimum absolute atomic E-state index is 0.175. The highest BCUT2D eigenvalue weighted by atomic mass is 32.2. The zero-order chi connectivity index (χ0) is 13.0. The fourth-order valence-corrected chi connectivity index (χ4v) is 4.60. The van der Waals surface area contributed by atoms with Gasteiger partial charge in [-0.25, -0.2) is 13.1 Å². The zero-order valence-corrected chi connectivity index (χ0v) is 12.1. The van der Waals surface area contributed by atoms with E-state index in [4.69, 9.17) is 0 Å². The first-order valence-electron chi connectivity index (χ1n) is 7.30. The van der Waals surface area contributed by atoms with E-state index >= 15 is 0 Å². The van der Waals surface area contributed by atoms with Crippen molar-refractivity contribution in [3.05, 3.63) is 0 Å². The lowest BCUT2D eigenvalue weighted by atomic mass is 10.0. The molecule has 3 unspecified atom stereocenters. The Morgan fingerprint density at radius 1 is 1.17 bits per heavy atom. The van der Waals surface area contributed by atoms with Crippen LogP contribution in [0.1, 0.15) is 51.9 Å². The molecule has 0 radical (unpaired) electrons. The topological polar surface area (TPSA) is 58.2 Å². The molecule has 2 aliphatic rings. The monoisotopic (exact) mass is 274 g/mol. The molecular formula is C13H26N2O2S. The van der Waals surface area contributed by atoms with E-state index in [1.54, 1.807) is 0 Å². The SMILES string of the molecule is CC1CCCC1NS(=O)(=O)CCC1CCCCN1. The molecule has 1 aliphatic carbocycles. The third-order valence-corrected chi connectivity index (χ3v) is 5.77. The molecule has 1 saturated heterocycles. The van der Waals surface area contributed by atoms with Gasteiger partial charge in [0.05, 0.1) is 5.75 Å². The van der Waals surface area contributed by atoms with Crippen LogP contribution in [0.4, 0.5) is 0 Å². The van der Waals surface area contributed by atoms with Crippen molar-refractivity contribution < 1.29 is 8.42 Å². The van der Waals surface area contributed by atoms with Crippen molar-refractivity contribution in [1.82, 2.24) is 10.0 Å². The summed E-state index contributed by atoms with van der Waals surface area (Å²) in [6.07, 6.45) is 7.62. The molecule has 2 N–H and O–H groups in total. The molecule has 4 nitrogen and oxygen atoms in total. The minimum Gasteiger partial charge on any atom is -0.314 e. The molecule has 0 spiro atoms. The van der Waals surface area contributed by atoms with Crippen LogP contribution < -0.4 is 10.0 Å². The van der Waals surface area contributed by atoms with Gasteiger partial charge in [0.2, 0.25) is 10.0 Å². The molecule has 0 aromatic carbocycles. The van der Waals surface area contributed by atoms with Crippen molar-refractivity contribution in [2.75, 3.05) is 12.3 Å². The predicted octanol–water partition coefficient (Wildman–Crippen LogP) is 1.63. The largest absolute Gasteiger partial charge is 0.314 e. The van der Waals surface area contributed by atoms with Gasteiger partial charge in [-0.1, -0.05) is 19.8 Å². The highest BCUT2D eigenvalue weighted by Gasteiger charge is 2.27. The lowest BCUT2D eigenvalue weighted by Gasteiger charge is -2.24. The third-order valence-electron chi connectivity index (χ3n) is 4.34. The predicted molar refractivity (Wildman–Crippen MR) is 74.0 cm³/mol. The maximum atomic E-state index is 12.0. The lowest BCUT2D eigenvalue weighted by Crippen LogP contribution is -2.40. The van der Waals surface area contributed by atoms with Gasteiger partial charge >= 0.3 is 0 Å². The van der Waals surface area contributed by atoms with Crippen molar-refractivity contribution in [2.45, 2.75) is 64.0 Å². The maximum Gasteiger partial charge on any atom is 0.211 e. The third kappa shape index (κ3) is 4.21. The van der Waals surface area contributed by atoms with Gasteiger partial charge in [0.25, 0.3) is 0 Å². The second-order valence-electron chi connectivity index (χ2n) is 5.89. The van der Waals surface area contributed by atoms with Gasteiger partial charge in [-0.2, -0.15) is 0 Å². The van der Waals surface area contributed by atoms with Crippen molar-refractivity contribution >= 4 is 10.0 Å². The summed E-state index contributed by atoms with van der Waals surface area (Å²) in [5.41, 5.74) is 0. The Hall–Kier alpha value is -0.130. The van der Waals surface area contributed by atoms with Crippen LogP contribution in [0.3, 0.4) is 0 Å². The molecule has 0 aromatic heterocycles. The molecule has 1 heterocycles. The molecule has 0 aromatic rings. The minimum atomic E-state index is -3.09. The first-order valence-corrected chi connectivity index (χ1v) is 8.95. The molecule has 1 aliphatic heterocycles. The molecule has 3 atom stereocenters. The molecule has 106 valence electrons. The van der Waals surface area contributed by atoms with E-state index in [0.29, 0.717) is 12.0 Å². The van der Waals surface area contributed by atoms with Gasteiger partial charge in [0, 0.05) is 12.1 Å². The number of rotatable bonds is 5. The van der Waals surface area contributed by atoms with Gasteiger partial charge < -0.3 is 5.32 Å². The summed E-state index contributed by atoms with van der Waals surface area (Å²) in [5.74, 6) is 0.765. The second kappa shape index (κ2) is 6.35. The van der Waals surface area contributed by atoms with E-state index in [1.807, 2.05) is 0 Å². The van der Waals surface area contributed by atoms with E-state index in [1.165, 1.54) is 12.8 Å². The van der Waals surface area contributed by atoms with Crippen LogP contribution in [-0.4, -0.2) is 32.8 Å². The van der Waals surface area contributed by atoms with Crippen molar-refractivity contribution in [3.63, 3.8) is 0 Å². The molecule has 2 fully saturated rings. The van der Waals surface area contributed by atoms with E-state index in [-0.39, 0.29) is 11.8 Å². The Kier molecular flexibility index (Phi) is 5.04. The number of nitrogens with one attached hydrogen (secondary N) is 2. The summed E-state index contributed by atoms with van der Waals surface area (Å²) in [7, 11) is -3.09. The molecule has 5 heteroatoms. The number of sulfonamides is 1. The van der Waals surface area contributed by atoms with Crippen molar-refractivity contribution in [2.24, 2.45) is 5.92 Å². The average Bonchev–Trinajstić information content (AvgIpc) is 2.73. The number of hydrogen-bond acceptors (Lipinski definition) is 3. The van der Waals surface area contributed by atoms with Crippen LogP contribution >= 0.6 is 0 Å². The highest BCUT2D eigenvalue weighted by molar-refractivity contribution is 7.89. The fourth-order valence-electron chi connectivity index (χ4n) is 3.08. The summed E-state index contributed by atoms with van der Waals surface area (Å²) >= 11 is 0. The first kappa shape index (κ1) is 14.3. The first-order chi connectivity index (χ1) is 8.57. The van der Waals surface area contributed by atoms with Crippen LogP contribution in [0.5, 0.6) is 0 Å². The standard InChI is InChI=1S/C13H26N2O2S/c1-11-5-4-7-13(11)15-18(16,17)10-8-12-6-2-3-9-14-12/h11-15H,2-10H2,1H3. The van der Waals surface area contributed by atoms with Gasteiger partial charge in [-0.3, -0.25) is 0 Å².